The number of nitrogens with one attached hydrogen (secondary N) is 1. The Labute approximate surface area is 119 Å². The van der Waals surface area contributed by atoms with Crippen molar-refractivity contribution in [2.24, 2.45) is 5.92 Å². The second-order valence-electron chi connectivity index (χ2n) is 4.78. The van der Waals surface area contributed by atoms with Gasteiger partial charge < -0.3 is 5.32 Å². The lowest BCUT2D eigenvalue weighted by molar-refractivity contribution is -0.385. The molecule has 0 saturated carbocycles. The van der Waals surface area contributed by atoms with E-state index in [1.54, 1.807) is 12.1 Å². The van der Waals surface area contributed by atoms with Crippen molar-refractivity contribution in [2.45, 2.75) is 39.7 Å². The third kappa shape index (κ3) is 4.48. The van der Waals surface area contributed by atoms with Crippen LogP contribution in [0.5, 0.6) is 0 Å². The highest BCUT2D eigenvalue weighted by Crippen LogP contribution is 2.26. The summed E-state index contributed by atoms with van der Waals surface area (Å²) in [6.07, 6.45) is 1.69. The minimum atomic E-state index is -0.359. The van der Waals surface area contributed by atoms with Crippen molar-refractivity contribution >= 4 is 17.3 Å². The van der Waals surface area contributed by atoms with Crippen LogP contribution >= 0.6 is 11.6 Å². The lowest BCUT2D eigenvalue weighted by Crippen LogP contribution is -2.35. The maximum Gasteiger partial charge on any atom is 0.274 e. The largest absolute Gasteiger partial charge is 0.314 e. The van der Waals surface area contributed by atoms with E-state index in [9.17, 15) is 10.1 Å². The van der Waals surface area contributed by atoms with Crippen LogP contribution in [0.2, 0.25) is 5.02 Å². The minimum absolute atomic E-state index is 0.116. The molecule has 4 nitrogen and oxygen atoms in total. The van der Waals surface area contributed by atoms with Crippen molar-refractivity contribution in [1.29, 1.82) is 0 Å². The minimum Gasteiger partial charge on any atom is -0.314 e. The Morgan fingerprint density at radius 1 is 1.42 bits per heavy atom. The molecule has 0 amide bonds. The zero-order valence-electron chi connectivity index (χ0n) is 11.6. The monoisotopic (exact) mass is 284 g/mol. The van der Waals surface area contributed by atoms with Gasteiger partial charge in [-0.25, -0.2) is 0 Å². The molecule has 0 saturated heterocycles. The molecule has 2 unspecified atom stereocenters. The van der Waals surface area contributed by atoms with Gasteiger partial charge in [-0.1, -0.05) is 38.4 Å². The van der Waals surface area contributed by atoms with Crippen LogP contribution in [0.4, 0.5) is 5.69 Å². The van der Waals surface area contributed by atoms with E-state index in [0.29, 0.717) is 23.4 Å². The molecular formula is C14H21ClN2O2. The van der Waals surface area contributed by atoms with Crippen molar-refractivity contribution in [1.82, 2.24) is 5.32 Å². The van der Waals surface area contributed by atoms with Crippen LogP contribution in [0.25, 0.3) is 0 Å². The van der Waals surface area contributed by atoms with Gasteiger partial charge >= 0.3 is 0 Å². The fraction of sp³-hybridized carbons (Fsp3) is 0.571. The Balaban J connectivity index is 2.89. The van der Waals surface area contributed by atoms with Gasteiger partial charge in [0.15, 0.2) is 0 Å². The molecule has 1 aromatic carbocycles. The summed E-state index contributed by atoms with van der Waals surface area (Å²) in [6.45, 7) is 7.22. The van der Waals surface area contributed by atoms with Gasteiger partial charge in [-0.05, 0) is 31.4 Å². The van der Waals surface area contributed by atoms with Gasteiger partial charge in [0.2, 0.25) is 0 Å². The zero-order chi connectivity index (χ0) is 14.4. The summed E-state index contributed by atoms with van der Waals surface area (Å²) in [6, 6.07) is 5.28. The predicted octanol–water partition coefficient (Wildman–Crippen LogP) is 3.81. The van der Waals surface area contributed by atoms with E-state index in [1.165, 1.54) is 6.07 Å². The first kappa shape index (κ1) is 15.9. The van der Waals surface area contributed by atoms with Gasteiger partial charge in [0.1, 0.15) is 0 Å². The molecule has 0 aromatic heterocycles. The normalized spacial score (nSPS) is 14.1. The number of nitro benzene ring substituents is 1. The highest BCUT2D eigenvalue weighted by molar-refractivity contribution is 6.30. The van der Waals surface area contributed by atoms with Gasteiger partial charge in [-0.3, -0.25) is 10.1 Å². The van der Waals surface area contributed by atoms with Gasteiger partial charge in [0.25, 0.3) is 5.69 Å². The molecule has 0 radical (unpaired) electrons. The van der Waals surface area contributed by atoms with Crippen molar-refractivity contribution in [3.8, 4) is 0 Å². The summed E-state index contributed by atoms with van der Waals surface area (Å²) in [5, 5.41) is 14.9. The number of nitro groups is 1. The average Bonchev–Trinajstić information content (AvgIpc) is 2.37. The number of rotatable bonds is 7. The average molecular weight is 285 g/mol. The second-order valence-corrected chi connectivity index (χ2v) is 5.22. The van der Waals surface area contributed by atoms with E-state index >= 15 is 0 Å². The van der Waals surface area contributed by atoms with E-state index in [0.717, 1.165) is 18.5 Å². The molecule has 0 aliphatic carbocycles. The Morgan fingerprint density at radius 2 is 2.11 bits per heavy atom. The Kier molecular flexibility index (Phi) is 6.25. The topological polar surface area (TPSA) is 55.2 Å². The summed E-state index contributed by atoms with van der Waals surface area (Å²) >= 11 is 5.82. The number of halogens is 1. The maximum absolute atomic E-state index is 11.1. The van der Waals surface area contributed by atoms with Crippen molar-refractivity contribution < 1.29 is 4.92 Å². The summed E-state index contributed by atoms with van der Waals surface area (Å²) in [5.74, 6) is 0.338. The predicted molar refractivity (Wildman–Crippen MR) is 78.7 cm³/mol. The summed E-state index contributed by atoms with van der Waals surface area (Å²) in [4.78, 5) is 10.7. The molecule has 106 valence electrons. The Hall–Kier alpha value is -1.13. The van der Waals surface area contributed by atoms with Crippen LogP contribution in [-0.2, 0) is 6.42 Å². The molecule has 1 rings (SSSR count). The van der Waals surface area contributed by atoms with Crippen LogP contribution in [-0.4, -0.2) is 17.5 Å². The smallest absolute Gasteiger partial charge is 0.274 e. The van der Waals surface area contributed by atoms with Gasteiger partial charge in [0.05, 0.1) is 4.92 Å². The number of benzene rings is 1. The number of nitrogens with zero attached hydrogens (tertiary/aromatic N) is 1. The highest BCUT2D eigenvalue weighted by Gasteiger charge is 2.20. The lowest BCUT2D eigenvalue weighted by Gasteiger charge is -2.23. The third-order valence-corrected chi connectivity index (χ3v) is 3.61. The third-order valence-electron chi connectivity index (χ3n) is 3.38. The molecule has 0 aliphatic rings. The van der Waals surface area contributed by atoms with E-state index < -0.39 is 0 Å². The van der Waals surface area contributed by atoms with Crippen LogP contribution in [0.1, 0.15) is 32.8 Å². The molecule has 5 heteroatoms. The molecule has 0 heterocycles. The number of hydrogen-bond donors (Lipinski definition) is 1. The van der Waals surface area contributed by atoms with Crippen LogP contribution < -0.4 is 5.32 Å². The quantitative estimate of drug-likeness (QED) is 0.612. The Morgan fingerprint density at radius 3 is 2.63 bits per heavy atom. The van der Waals surface area contributed by atoms with Crippen LogP contribution in [0, 0.1) is 16.0 Å². The number of hydrogen-bond acceptors (Lipinski definition) is 3. The molecule has 2 atom stereocenters. The highest BCUT2D eigenvalue weighted by atomic mass is 35.5. The standard InChI is InChI=1S/C14H21ClN2O2/c1-4-13(16-5-2)10(3)8-11-6-7-12(15)9-14(11)17(18)19/h6-7,9-10,13,16H,4-5,8H2,1-3H3. The lowest BCUT2D eigenvalue weighted by atomic mass is 9.91. The van der Waals surface area contributed by atoms with Gasteiger partial charge in [-0.15, -0.1) is 0 Å². The maximum atomic E-state index is 11.1. The van der Waals surface area contributed by atoms with E-state index in [1.807, 2.05) is 0 Å². The fourth-order valence-corrected chi connectivity index (χ4v) is 2.55. The summed E-state index contributed by atoms with van der Waals surface area (Å²) < 4.78 is 0. The van der Waals surface area contributed by atoms with E-state index in [-0.39, 0.29) is 10.6 Å². The van der Waals surface area contributed by atoms with Crippen molar-refractivity contribution in [3.63, 3.8) is 0 Å². The van der Waals surface area contributed by atoms with Crippen LogP contribution in [0.15, 0.2) is 18.2 Å². The van der Waals surface area contributed by atoms with Crippen LogP contribution in [0.3, 0.4) is 0 Å². The molecule has 0 bridgehead atoms. The van der Waals surface area contributed by atoms with Gasteiger partial charge in [-0.2, -0.15) is 0 Å². The first-order valence-electron chi connectivity index (χ1n) is 6.65. The molecule has 0 fully saturated rings. The zero-order valence-corrected chi connectivity index (χ0v) is 12.4. The summed E-state index contributed by atoms with van der Waals surface area (Å²) in [7, 11) is 0. The second kappa shape index (κ2) is 7.46. The molecule has 0 aliphatic heterocycles. The fourth-order valence-electron chi connectivity index (χ4n) is 2.38. The molecule has 1 N–H and O–H groups in total. The van der Waals surface area contributed by atoms with E-state index in [2.05, 4.69) is 26.1 Å². The Bertz CT molecular complexity index is 437. The van der Waals surface area contributed by atoms with Crippen molar-refractivity contribution in [2.75, 3.05) is 6.54 Å². The SMILES string of the molecule is CCNC(CC)C(C)Cc1ccc(Cl)cc1[N+](=O)[O-]. The molecule has 1 aromatic rings. The van der Waals surface area contributed by atoms with Crippen molar-refractivity contribution in [3.05, 3.63) is 38.9 Å². The molecule has 0 spiro atoms. The van der Waals surface area contributed by atoms with E-state index in [4.69, 9.17) is 11.6 Å². The summed E-state index contributed by atoms with van der Waals surface area (Å²) in [5.41, 5.74) is 0.865. The first-order chi connectivity index (χ1) is 8.99. The molecular weight excluding hydrogens is 264 g/mol. The van der Waals surface area contributed by atoms with Gasteiger partial charge in [0, 0.05) is 22.7 Å². The molecule has 19 heavy (non-hydrogen) atoms. The first-order valence-corrected chi connectivity index (χ1v) is 7.03.